The van der Waals surface area contributed by atoms with Crippen molar-refractivity contribution in [3.63, 3.8) is 0 Å². The quantitative estimate of drug-likeness (QED) is 0.620. The van der Waals surface area contributed by atoms with E-state index in [9.17, 15) is 0 Å². The molecule has 6 heteroatoms. The molecular formula is C16H12N4O2. The first-order valence-electron chi connectivity index (χ1n) is 6.83. The van der Waals surface area contributed by atoms with E-state index in [0.717, 1.165) is 22.1 Å². The molecule has 0 saturated carbocycles. The summed E-state index contributed by atoms with van der Waals surface area (Å²) in [5, 5.41) is 12.2. The molecule has 0 aliphatic heterocycles. The highest BCUT2D eigenvalue weighted by Crippen LogP contribution is 2.23. The number of para-hydroxylation sites is 1. The van der Waals surface area contributed by atoms with Gasteiger partial charge in [0.25, 0.3) is 0 Å². The zero-order valence-electron chi connectivity index (χ0n) is 11.6. The van der Waals surface area contributed by atoms with Crippen LogP contribution in [0.5, 0.6) is 0 Å². The maximum atomic E-state index is 5.59. The van der Waals surface area contributed by atoms with E-state index in [4.69, 9.17) is 8.83 Å². The fourth-order valence-corrected chi connectivity index (χ4v) is 2.25. The number of anilines is 1. The molecule has 6 nitrogen and oxygen atoms in total. The summed E-state index contributed by atoms with van der Waals surface area (Å²) in [5.41, 5.74) is 2.74. The van der Waals surface area contributed by atoms with Gasteiger partial charge in [-0.2, -0.15) is 0 Å². The summed E-state index contributed by atoms with van der Waals surface area (Å²) in [5.74, 6) is 0.460. The predicted molar refractivity (Wildman–Crippen MR) is 81.1 cm³/mol. The van der Waals surface area contributed by atoms with E-state index in [1.54, 1.807) is 18.7 Å². The van der Waals surface area contributed by atoms with E-state index in [1.807, 2.05) is 36.4 Å². The molecule has 0 unspecified atom stereocenters. The molecule has 22 heavy (non-hydrogen) atoms. The third-order valence-corrected chi connectivity index (χ3v) is 3.34. The third kappa shape index (κ3) is 2.31. The molecule has 3 aromatic heterocycles. The fourth-order valence-electron chi connectivity index (χ4n) is 2.25. The molecule has 1 aromatic carbocycles. The standard InChI is InChI=1S/C16H12N4O2/c1-2-4-14-13(3-1)12(10-21-14)9-18-16-20-19-15(22-16)11-5-7-17-8-6-11/h1-8,10H,9H2,(H,18,20). The summed E-state index contributed by atoms with van der Waals surface area (Å²) in [6, 6.07) is 11.9. The highest BCUT2D eigenvalue weighted by molar-refractivity contribution is 5.81. The number of benzene rings is 1. The molecule has 0 aliphatic rings. The van der Waals surface area contributed by atoms with Gasteiger partial charge in [0.15, 0.2) is 0 Å². The maximum Gasteiger partial charge on any atom is 0.316 e. The van der Waals surface area contributed by atoms with Gasteiger partial charge in [0, 0.05) is 35.5 Å². The Labute approximate surface area is 125 Å². The van der Waals surface area contributed by atoms with Gasteiger partial charge in [-0.25, -0.2) is 0 Å². The van der Waals surface area contributed by atoms with Crippen LogP contribution in [-0.2, 0) is 6.54 Å². The van der Waals surface area contributed by atoms with Crippen molar-refractivity contribution in [1.82, 2.24) is 15.2 Å². The van der Waals surface area contributed by atoms with Crippen LogP contribution in [0.15, 0.2) is 63.9 Å². The first-order valence-corrected chi connectivity index (χ1v) is 6.83. The lowest BCUT2D eigenvalue weighted by Crippen LogP contribution is -1.98. The molecule has 3 heterocycles. The Morgan fingerprint density at radius 2 is 1.86 bits per heavy atom. The lowest BCUT2D eigenvalue weighted by Gasteiger charge is -1.98. The first-order chi connectivity index (χ1) is 10.9. The highest BCUT2D eigenvalue weighted by Gasteiger charge is 2.09. The van der Waals surface area contributed by atoms with Crippen molar-refractivity contribution in [1.29, 1.82) is 0 Å². The van der Waals surface area contributed by atoms with Crippen LogP contribution in [0.2, 0.25) is 0 Å². The lowest BCUT2D eigenvalue weighted by atomic mass is 10.2. The number of nitrogens with one attached hydrogen (secondary N) is 1. The van der Waals surface area contributed by atoms with Crippen LogP contribution >= 0.6 is 0 Å². The SMILES string of the molecule is c1ccc2c(CNc3nnc(-c4ccncc4)o3)coc2c1. The number of aromatic nitrogens is 3. The van der Waals surface area contributed by atoms with Crippen molar-refractivity contribution in [3.8, 4) is 11.5 Å². The van der Waals surface area contributed by atoms with Crippen LogP contribution < -0.4 is 5.32 Å². The Hall–Kier alpha value is -3.15. The van der Waals surface area contributed by atoms with Gasteiger partial charge in [-0.05, 0) is 18.2 Å². The van der Waals surface area contributed by atoms with Gasteiger partial charge >= 0.3 is 6.01 Å². The van der Waals surface area contributed by atoms with Gasteiger partial charge in [0.2, 0.25) is 5.89 Å². The third-order valence-electron chi connectivity index (χ3n) is 3.34. The van der Waals surface area contributed by atoms with Crippen LogP contribution in [-0.4, -0.2) is 15.2 Å². The Morgan fingerprint density at radius 1 is 1.00 bits per heavy atom. The molecule has 4 rings (SSSR count). The molecular weight excluding hydrogens is 280 g/mol. The smallest absolute Gasteiger partial charge is 0.316 e. The summed E-state index contributed by atoms with van der Waals surface area (Å²) < 4.78 is 11.1. The van der Waals surface area contributed by atoms with Crippen LogP contribution in [0.4, 0.5) is 6.01 Å². The van der Waals surface area contributed by atoms with E-state index >= 15 is 0 Å². The van der Waals surface area contributed by atoms with Crippen molar-refractivity contribution in [2.24, 2.45) is 0 Å². The number of pyridine rings is 1. The zero-order valence-corrected chi connectivity index (χ0v) is 11.6. The maximum absolute atomic E-state index is 5.59. The molecule has 0 fully saturated rings. The molecule has 0 amide bonds. The molecule has 0 aliphatic carbocycles. The van der Waals surface area contributed by atoms with Gasteiger partial charge in [-0.15, -0.1) is 5.10 Å². The minimum Gasteiger partial charge on any atom is -0.464 e. The normalized spacial score (nSPS) is 10.9. The minimum atomic E-state index is 0.372. The number of hydrogen-bond donors (Lipinski definition) is 1. The molecule has 108 valence electrons. The van der Waals surface area contributed by atoms with E-state index in [0.29, 0.717) is 18.5 Å². The molecule has 4 aromatic rings. The molecule has 0 spiro atoms. The number of rotatable bonds is 4. The van der Waals surface area contributed by atoms with Crippen LogP contribution in [0, 0.1) is 0 Å². The van der Waals surface area contributed by atoms with E-state index in [-0.39, 0.29) is 0 Å². The van der Waals surface area contributed by atoms with Gasteiger partial charge in [-0.1, -0.05) is 23.3 Å². The summed E-state index contributed by atoms with van der Waals surface area (Å²) in [6.45, 7) is 0.551. The Kier molecular flexibility index (Phi) is 3.05. The van der Waals surface area contributed by atoms with Crippen molar-refractivity contribution < 1.29 is 8.83 Å². The Bertz CT molecular complexity index is 899. The molecule has 0 saturated heterocycles. The highest BCUT2D eigenvalue weighted by atomic mass is 16.4. The fraction of sp³-hybridized carbons (Fsp3) is 0.0625. The summed E-state index contributed by atoms with van der Waals surface area (Å²) in [4.78, 5) is 3.96. The van der Waals surface area contributed by atoms with Crippen molar-refractivity contribution in [3.05, 3.63) is 60.6 Å². The van der Waals surface area contributed by atoms with Gasteiger partial charge in [-0.3, -0.25) is 4.98 Å². The van der Waals surface area contributed by atoms with Crippen LogP contribution in [0.3, 0.4) is 0 Å². The largest absolute Gasteiger partial charge is 0.464 e. The monoisotopic (exact) mass is 292 g/mol. The van der Waals surface area contributed by atoms with Crippen LogP contribution in [0.1, 0.15) is 5.56 Å². The molecule has 0 atom stereocenters. The number of nitrogens with zero attached hydrogens (tertiary/aromatic N) is 3. The summed E-state index contributed by atoms with van der Waals surface area (Å²) in [6.07, 6.45) is 5.10. The predicted octanol–water partition coefficient (Wildman–Crippen LogP) is 3.49. The second kappa shape index (κ2) is 5.33. The van der Waals surface area contributed by atoms with Crippen molar-refractivity contribution >= 4 is 17.0 Å². The van der Waals surface area contributed by atoms with E-state index in [1.165, 1.54) is 0 Å². The average molecular weight is 292 g/mol. The Morgan fingerprint density at radius 3 is 2.77 bits per heavy atom. The summed E-state index contributed by atoms with van der Waals surface area (Å²) >= 11 is 0. The van der Waals surface area contributed by atoms with Crippen molar-refractivity contribution in [2.75, 3.05) is 5.32 Å². The van der Waals surface area contributed by atoms with E-state index in [2.05, 4.69) is 20.5 Å². The average Bonchev–Trinajstić information content (AvgIpc) is 3.21. The number of furan rings is 1. The topological polar surface area (TPSA) is 77.0 Å². The molecule has 1 N–H and O–H groups in total. The van der Waals surface area contributed by atoms with E-state index < -0.39 is 0 Å². The molecule has 0 radical (unpaired) electrons. The van der Waals surface area contributed by atoms with Gasteiger partial charge < -0.3 is 14.2 Å². The summed E-state index contributed by atoms with van der Waals surface area (Å²) in [7, 11) is 0. The number of fused-ring (bicyclic) bond motifs is 1. The lowest BCUT2D eigenvalue weighted by molar-refractivity contribution is 0.579. The van der Waals surface area contributed by atoms with Crippen LogP contribution in [0.25, 0.3) is 22.4 Å². The van der Waals surface area contributed by atoms with Crippen molar-refractivity contribution in [2.45, 2.75) is 6.54 Å². The second-order valence-electron chi connectivity index (χ2n) is 4.76. The number of hydrogen-bond acceptors (Lipinski definition) is 6. The zero-order chi connectivity index (χ0) is 14.8. The Balaban J connectivity index is 1.52. The minimum absolute atomic E-state index is 0.372. The van der Waals surface area contributed by atoms with Gasteiger partial charge in [0.1, 0.15) is 5.58 Å². The second-order valence-corrected chi connectivity index (χ2v) is 4.76. The van der Waals surface area contributed by atoms with Gasteiger partial charge in [0.05, 0.1) is 6.26 Å². The first kappa shape index (κ1) is 12.6. The molecule has 0 bridgehead atoms.